The van der Waals surface area contributed by atoms with Crippen molar-refractivity contribution in [3.63, 3.8) is 0 Å². The number of ketones is 1. The highest BCUT2D eigenvalue weighted by Gasteiger charge is 2.15. The van der Waals surface area contributed by atoms with Gasteiger partial charge in [-0.2, -0.15) is 5.10 Å². The molecule has 6 heteroatoms. The summed E-state index contributed by atoms with van der Waals surface area (Å²) in [7, 11) is 4.00. The fourth-order valence-corrected chi connectivity index (χ4v) is 2.98. The van der Waals surface area contributed by atoms with Crippen molar-refractivity contribution in [3.8, 4) is 11.5 Å². The van der Waals surface area contributed by atoms with Crippen LogP contribution in [0.2, 0.25) is 0 Å². The standard InChI is InChI=1S/C20H20N4O2/c1-23(2)11-5-7-17(25)15-9-10-20-21-13-16(24(20)22-15)19-12-14-6-3-4-8-18(14)26-19/h3-4,6,8-10,12-13H,5,7,11H2,1-2H3. The van der Waals surface area contributed by atoms with Gasteiger partial charge in [-0.15, -0.1) is 0 Å². The first kappa shape index (κ1) is 16.5. The Morgan fingerprint density at radius 2 is 2.04 bits per heavy atom. The van der Waals surface area contributed by atoms with Crippen molar-refractivity contribution in [1.29, 1.82) is 0 Å². The van der Waals surface area contributed by atoms with E-state index < -0.39 is 0 Å². The quantitative estimate of drug-likeness (QED) is 0.498. The first-order valence-electron chi connectivity index (χ1n) is 8.63. The van der Waals surface area contributed by atoms with Gasteiger partial charge in [0.2, 0.25) is 0 Å². The second-order valence-electron chi connectivity index (χ2n) is 6.61. The Balaban J connectivity index is 1.67. The molecule has 4 aromatic rings. The monoisotopic (exact) mass is 348 g/mol. The van der Waals surface area contributed by atoms with Crippen molar-refractivity contribution in [3.05, 3.63) is 54.4 Å². The molecule has 0 saturated carbocycles. The van der Waals surface area contributed by atoms with Crippen LogP contribution < -0.4 is 0 Å². The Labute approximate surface area is 151 Å². The number of furan rings is 1. The molecule has 4 rings (SSSR count). The lowest BCUT2D eigenvalue weighted by molar-refractivity contribution is 0.0971. The number of nitrogens with zero attached hydrogens (tertiary/aromatic N) is 4. The molecule has 0 fully saturated rings. The van der Waals surface area contributed by atoms with Crippen molar-refractivity contribution < 1.29 is 9.21 Å². The summed E-state index contributed by atoms with van der Waals surface area (Å²) in [5, 5.41) is 5.53. The summed E-state index contributed by atoms with van der Waals surface area (Å²) in [5.41, 5.74) is 2.68. The van der Waals surface area contributed by atoms with Crippen LogP contribution in [0.5, 0.6) is 0 Å². The highest BCUT2D eigenvalue weighted by Crippen LogP contribution is 2.27. The predicted molar refractivity (Wildman–Crippen MR) is 100 cm³/mol. The molecule has 0 unspecified atom stereocenters. The van der Waals surface area contributed by atoms with E-state index in [1.54, 1.807) is 16.8 Å². The minimum Gasteiger partial charge on any atom is -0.454 e. The Hall–Kier alpha value is -2.99. The molecule has 0 radical (unpaired) electrons. The third-order valence-electron chi connectivity index (χ3n) is 4.34. The average Bonchev–Trinajstić information content (AvgIpc) is 3.24. The van der Waals surface area contributed by atoms with Crippen LogP contribution in [0.4, 0.5) is 0 Å². The van der Waals surface area contributed by atoms with Crippen LogP contribution in [0.25, 0.3) is 28.1 Å². The van der Waals surface area contributed by atoms with Gasteiger partial charge in [0.05, 0.1) is 6.20 Å². The summed E-state index contributed by atoms with van der Waals surface area (Å²) < 4.78 is 7.60. The Morgan fingerprint density at radius 1 is 1.19 bits per heavy atom. The van der Waals surface area contributed by atoms with E-state index in [4.69, 9.17) is 4.42 Å². The van der Waals surface area contributed by atoms with Gasteiger partial charge in [-0.1, -0.05) is 18.2 Å². The van der Waals surface area contributed by atoms with Crippen LogP contribution in [0.15, 0.2) is 53.1 Å². The van der Waals surface area contributed by atoms with Gasteiger partial charge < -0.3 is 9.32 Å². The number of imidazole rings is 1. The normalized spacial score (nSPS) is 11.7. The van der Waals surface area contributed by atoms with Gasteiger partial charge in [-0.05, 0) is 51.3 Å². The number of Topliss-reactive ketones (excluding diaryl/α,β-unsaturated/α-hetero) is 1. The molecular weight excluding hydrogens is 328 g/mol. The zero-order chi connectivity index (χ0) is 18.1. The fourth-order valence-electron chi connectivity index (χ4n) is 2.98. The van der Waals surface area contributed by atoms with Crippen molar-refractivity contribution in [2.45, 2.75) is 12.8 Å². The maximum atomic E-state index is 12.4. The maximum Gasteiger partial charge on any atom is 0.183 e. The van der Waals surface area contributed by atoms with E-state index in [1.165, 1.54) is 0 Å². The molecule has 0 aliphatic carbocycles. The lowest BCUT2D eigenvalue weighted by Gasteiger charge is -2.08. The molecule has 1 aromatic carbocycles. The summed E-state index contributed by atoms with van der Waals surface area (Å²) >= 11 is 0. The molecule has 0 aliphatic heterocycles. The highest BCUT2D eigenvalue weighted by molar-refractivity contribution is 5.94. The lowest BCUT2D eigenvalue weighted by Crippen LogP contribution is -2.15. The van der Waals surface area contributed by atoms with Gasteiger partial charge in [0.15, 0.2) is 17.2 Å². The minimum absolute atomic E-state index is 0.0398. The van der Waals surface area contributed by atoms with E-state index in [-0.39, 0.29) is 5.78 Å². The number of hydrogen-bond donors (Lipinski definition) is 0. The number of carbonyl (C=O) groups is 1. The van der Waals surface area contributed by atoms with Gasteiger partial charge in [0.1, 0.15) is 17.0 Å². The molecule has 0 saturated heterocycles. The number of hydrogen-bond acceptors (Lipinski definition) is 5. The molecule has 0 spiro atoms. The topological polar surface area (TPSA) is 63.6 Å². The Morgan fingerprint density at radius 3 is 2.85 bits per heavy atom. The highest BCUT2D eigenvalue weighted by atomic mass is 16.3. The Bertz CT molecular complexity index is 1040. The zero-order valence-corrected chi connectivity index (χ0v) is 14.8. The molecule has 0 atom stereocenters. The summed E-state index contributed by atoms with van der Waals surface area (Å²) in [6.45, 7) is 0.878. The van der Waals surface area contributed by atoms with E-state index >= 15 is 0 Å². The zero-order valence-electron chi connectivity index (χ0n) is 14.8. The molecule has 0 aliphatic rings. The number of aromatic nitrogens is 3. The van der Waals surface area contributed by atoms with Crippen LogP contribution in [0, 0.1) is 0 Å². The smallest absolute Gasteiger partial charge is 0.183 e. The second kappa shape index (κ2) is 6.72. The number of benzene rings is 1. The van der Waals surface area contributed by atoms with E-state index in [2.05, 4.69) is 15.0 Å². The largest absolute Gasteiger partial charge is 0.454 e. The average molecular weight is 348 g/mol. The minimum atomic E-state index is 0.0398. The number of rotatable bonds is 6. The van der Waals surface area contributed by atoms with Crippen molar-refractivity contribution in [2.75, 3.05) is 20.6 Å². The molecule has 3 aromatic heterocycles. The van der Waals surface area contributed by atoms with E-state index in [1.807, 2.05) is 50.5 Å². The molecule has 0 N–H and O–H groups in total. The third kappa shape index (κ3) is 3.11. The summed E-state index contributed by atoms with van der Waals surface area (Å²) in [4.78, 5) is 18.9. The van der Waals surface area contributed by atoms with Crippen LogP contribution in [0.3, 0.4) is 0 Å². The molecular formula is C20H20N4O2. The van der Waals surface area contributed by atoms with Crippen molar-refractivity contribution in [1.82, 2.24) is 19.5 Å². The number of para-hydroxylation sites is 1. The molecule has 0 bridgehead atoms. The fraction of sp³-hybridized carbons (Fsp3) is 0.250. The van der Waals surface area contributed by atoms with Crippen molar-refractivity contribution >= 4 is 22.4 Å². The van der Waals surface area contributed by atoms with Gasteiger partial charge in [0.25, 0.3) is 0 Å². The van der Waals surface area contributed by atoms with Crippen molar-refractivity contribution in [2.24, 2.45) is 0 Å². The van der Waals surface area contributed by atoms with Gasteiger partial charge >= 0.3 is 0 Å². The van der Waals surface area contributed by atoms with Gasteiger partial charge in [-0.3, -0.25) is 4.79 Å². The molecule has 0 amide bonds. The van der Waals surface area contributed by atoms with Gasteiger partial charge in [-0.25, -0.2) is 9.50 Å². The molecule has 26 heavy (non-hydrogen) atoms. The summed E-state index contributed by atoms with van der Waals surface area (Å²) in [6.07, 6.45) is 3.01. The third-order valence-corrected chi connectivity index (χ3v) is 4.34. The number of carbonyl (C=O) groups excluding carboxylic acids is 1. The van der Waals surface area contributed by atoms with E-state index in [0.717, 1.165) is 29.6 Å². The second-order valence-corrected chi connectivity index (χ2v) is 6.61. The molecule has 132 valence electrons. The first-order valence-corrected chi connectivity index (χ1v) is 8.63. The molecule has 6 nitrogen and oxygen atoms in total. The lowest BCUT2D eigenvalue weighted by atomic mass is 10.1. The van der Waals surface area contributed by atoms with Crippen LogP contribution >= 0.6 is 0 Å². The Kier molecular flexibility index (Phi) is 4.26. The van der Waals surface area contributed by atoms with E-state index in [0.29, 0.717) is 23.5 Å². The SMILES string of the molecule is CN(C)CCCC(=O)c1ccc2ncc(-c3cc4ccccc4o3)n2n1. The summed E-state index contributed by atoms with van der Waals surface area (Å²) in [5.74, 6) is 0.724. The number of fused-ring (bicyclic) bond motifs is 2. The van der Waals surface area contributed by atoms with Crippen LogP contribution in [-0.4, -0.2) is 45.9 Å². The predicted octanol–water partition coefficient (Wildman–Crippen LogP) is 3.67. The van der Waals surface area contributed by atoms with Crippen LogP contribution in [-0.2, 0) is 0 Å². The maximum absolute atomic E-state index is 12.4. The van der Waals surface area contributed by atoms with Crippen LogP contribution in [0.1, 0.15) is 23.3 Å². The van der Waals surface area contributed by atoms with E-state index in [9.17, 15) is 4.79 Å². The molecule has 3 heterocycles. The van der Waals surface area contributed by atoms with Gasteiger partial charge in [0, 0.05) is 11.8 Å². The summed E-state index contributed by atoms with van der Waals surface area (Å²) in [6, 6.07) is 13.4. The first-order chi connectivity index (χ1) is 12.6.